The molecule has 0 aromatic heterocycles. The first-order valence-electron chi connectivity index (χ1n) is 12.8. The molecule has 0 radical (unpaired) electrons. The Morgan fingerprint density at radius 3 is 2.83 bits per heavy atom. The van der Waals surface area contributed by atoms with E-state index in [4.69, 9.17) is 9.98 Å². The molecule has 1 N–H and O–H groups in total. The monoisotopic (exact) mass is 473 g/mol. The van der Waals surface area contributed by atoms with Crippen LogP contribution in [0, 0.1) is 0 Å². The smallest absolute Gasteiger partial charge is 0.222 e. The zero-order valence-corrected chi connectivity index (χ0v) is 20.8. The van der Waals surface area contributed by atoms with Gasteiger partial charge in [-0.05, 0) is 54.5 Å². The number of anilines is 1. The second-order valence-electron chi connectivity index (χ2n) is 9.65. The number of aromatic hydroxyl groups is 1. The van der Waals surface area contributed by atoms with Gasteiger partial charge in [-0.3, -0.25) is 9.79 Å². The second kappa shape index (κ2) is 10.1. The average molecular weight is 474 g/mol. The van der Waals surface area contributed by atoms with E-state index in [1.165, 1.54) is 16.7 Å². The van der Waals surface area contributed by atoms with Crippen LogP contribution in [0.15, 0.2) is 51.5 Å². The highest BCUT2D eigenvalue weighted by molar-refractivity contribution is 6.07. The van der Waals surface area contributed by atoms with Crippen LogP contribution in [0.25, 0.3) is 6.08 Å². The van der Waals surface area contributed by atoms with E-state index < -0.39 is 0 Å². The van der Waals surface area contributed by atoms with Crippen LogP contribution in [0.3, 0.4) is 0 Å². The number of phenols is 1. The summed E-state index contributed by atoms with van der Waals surface area (Å²) in [7, 11) is 0. The third-order valence-electron chi connectivity index (χ3n) is 7.36. The lowest BCUT2D eigenvalue weighted by molar-refractivity contribution is -0.130. The molecule has 3 aliphatic heterocycles. The minimum atomic E-state index is 0.232. The molecule has 4 aliphatic rings. The van der Waals surface area contributed by atoms with E-state index in [9.17, 15) is 9.90 Å². The third-order valence-corrected chi connectivity index (χ3v) is 7.36. The van der Waals surface area contributed by atoms with Gasteiger partial charge in [-0.1, -0.05) is 31.2 Å². The van der Waals surface area contributed by atoms with Crippen LogP contribution < -0.4 is 4.90 Å². The zero-order chi connectivity index (χ0) is 24.4. The molecule has 1 aromatic rings. The lowest BCUT2D eigenvalue weighted by Gasteiger charge is -2.36. The molecule has 35 heavy (non-hydrogen) atoms. The van der Waals surface area contributed by atoms with Crippen molar-refractivity contribution in [2.45, 2.75) is 39.5 Å². The van der Waals surface area contributed by atoms with Gasteiger partial charge < -0.3 is 19.8 Å². The number of hydrogen-bond acceptors (Lipinski definition) is 6. The summed E-state index contributed by atoms with van der Waals surface area (Å²) in [6.07, 6.45) is 11.6. The molecule has 0 unspecified atom stereocenters. The first-order chi connectivity index (χ1) is 17.0. The number of amides is 1. The van der Waals surface area contributed by atoms with Gasteiger partial charge in [0, 0.05) is 57.4 Å². The van der Waals surface area contributed by atoms with Crippen molar-refractivity contribution in [2.24, 2.45) is 9.98 Å². The summed E-state index contributed by atoms with van der Waals surface area (Å²) in [5.74, 6) is 2.39. The number of carbonyl (C=O) groups excluding carboxylic acids is 1. The number of fused-ring (bicyclic) bond motifs is 1. The predicted octanol–water partition coefficient (Wildman–Crippen LogP) is 3.80. The number of allylic oxidation sites excluding steroid dienone is 3. The highest BCUT2D eigenvalue weighted by Crippen LogP contribution is 2.35. The van der Waals surface area contributed by atoms with Crippen molar-refractivity contribution < 1.29 is 9.90 Å². The fourth-order valence-corrected chi connectivity index (χ4v) is 5.52. The van der Waals surface area contributed by atoms with E-state index in [-0.39, 0.29) is 5.91 Å². The Kier molecular flexibility index (Phi) is 6.75. The van der Waals surface area contributed by atoms with Gasteiger partial charge in [0.1, 0.15) is 17.4 Å². The standard InChI is InChI=1S/C28H35N5O2/c1-3-27(35)31-11-7-12-32(15-14-31)28-25-10-13-33(19-22(25)18-29-20(2)30-28)26-17-23(34)16-21-8-5-4-6-9-24(21)26/h4-6,8,16-17,34H,3,7,9-15,18-19H2,1-2H3. The maximum atomic E-state index is 12.3. The molecule has 184 valence electrons. The summed E-state index contributed by atoms with van der Waals surface area (Å²) in [6, 6.07) is 3.76. The molecular weight excluding hydrogens is 438 g/mol. The summed E-state index contributed by atoms with van der Waals surface area (Å²) < 4.78 is 0. The van der Waals surface area contributed by atoms with Crippen molar-refractivity contribution >= 4 is 29.3 Å². The Hall–Kier alpha value is -3.35. The number of phenolic OH excluding ortho intramolecular Hbond substituents is 1. The molecule has 1 amide bonds. The summed E-state index contributed by atoms with van der Waals surface area (Å²) >= 11 is 0. The first-order valence-corrected chi connectivity index (χ1v) is 12.8. The minimum Gasteiger partial charge on any atom is -0.508 e. The highest BCUT2D eigenvalue weighted by Gasteiger charge is 2.30. The van der Waals surface area contributed by atoms with E-state index in [2.05, 4.69) is 28.0 Å². The molecule has 1 aromatic carbocycles. The molecule has 1 fully saturated rings. The van der Waals surface area contributed by atoms with E-state index >= 15 is 0 Å². The van der Waals surface area contributed by atoms with Gasteiger partial charge >= 0.3 is 0 Å². The largest absolute Gasteiger partial charge is 0.508 e. The number of aliphatic imine (C=N–C) groups is 2. The van der Waals surface area contributed by atoms with E-state index in [0.717, 1.165) is 81.5 Å². The summed E-state index contributed by atoms with van der Waals surface area (Å²) in [4.78, 5) is 28.8. The number of amidine groups is 2. The molecule has 5 rings (SSSR count). The molecule has 0 spiro atoms. The van der Waals surface area contributed by atoms with Crippen molar-refractivity contribution in [3.05, 3.63) is 52.6 Å². The van der Waals surface area contributed by atoms with Gasteiger partial charge in [-0.25, -0.2) is 4.99 Å². The van der Waals surface area contributed by atoms with Crippen LogP contribution >= 0.6 is 0 Å². The molecule has 7 heteroatoms. The van der Waals surface area contributed by atoms with Crippen molar-refractivity contribution in [3.8, 4) is 5.75 Å². The Morgan fingerprint density at radius 1 is 1.09 bits per heavy atom. The normalized spacial score (nSPS) is 20.5. The van der Waals surface area contributed by atoms with Gasteiger partial charge in [-0.2, -0.15) is 0 Å². The molecule has 0 saturated carbocycles. The highest BCUT2D eigenvalue weighted by atomic mass is 16.3. The average Bonchev–Trinajstić information content (AvgIpc) is 3.31. The van der Waals surface area contributed by atoms with Crippen molar-refractivity contribution in [1.29, 1.82) is 0 Å². The lowest BCUT2D eigenvalue weighted by Crippen LogP contribution is -2.41. The molecule has 3 heterocycles. The van der Waals surface area contributed by atoms with Crippen LogP contribution in [0.4, 0.5) is 5.69 Å². The SMILES string of the molecule is CCC(=O)N1CCCN(C2=NC(C)=NCC3=C2CCN(c2cc(O)cc4c2CC=CC=C4)C3)CC1. The maximum Gasteiger partial charge on any atom is 0.222 e. The van der Waals surface area contributed by atoms with Gasteiger partial charge in [0.2, 0.25) is 5.91 Å². The molecule has 1 saturated heterocycles. The van der Waals surface area contributed by atoms with Crippen molar-refractivity contribution in [2.75, 3.05) is 50.7 Å². The number of hydrogen-bond donors (Lipinski definition) is 1. The predicted molar refractivity (Wildman–Crippen MR) is 142 cm³/mol. The number of benzene rings is 1. The number of rotatable bonds is 2. The summed E-state index contributed by atoms with van der Waals surface area (Å²) in [5.41, 5.74) is 6.05. The van der Waals surface area contributed by atoms with E-state index in [1.807, 2.05) is 37.0 Å². The molecule has 0 bridgehead atoms. The second-order valence-corrected chi connectivity index (χ2v) is 9.65. The third kappa shape index (κ3) is 4.90. The van der Waals surface area contributed by atoms with E-state index in [0.29, 0.717) is 18.7 Å². The fourth-order valence-electron chi connectivity index (χ4n) is 5.52. The topological polar surface area (TPSA) is 71.7 Å². The number of carbonyl (C=O) groups is 1. The fraction of sp³-hybridized carbons (Fsp3) is 0.464. The van der Waals surface area contributed by atoms with Crippen LogP contribution in [0.2, 0.25) is 0 Å². The molecule has 0 atom stereocenters. The Bertz CT molecular complexity index is 1160. The maximum absolute atomic E-state index is 12.3. The van der Waals surface area contributed by atoms with Crippen molar-refractivity contribution in [1.82, 2.24) is 9.80 Å². The van der Waals surface area contributed by atoms with Gasteiger partial charge in [-0.15, -0.1) is 0 Å². The van der Waals surface area contributed by atoms with Crippen LogP contribution in [-0.2, 0) is 11.2 Å². The Labute approximate surface area is 207 Å². The summed E-state index contributed by atoms with van der Waals surface area (Å²) in [6.45, 7) is 9.48. The lowest BCUT2D eigenvalue weighted by atomic mass is 9.95. The molecular formula is C28H35N5O2. The van der Waals surface area contributed by atoms with E-state index in [1.54, 1.807) is 0 Å². The minimum absolute atomic E-state index is 0.232. The van der Waals surface area contributed by atoms with Gasteiger partial charge in [0.25, 0.3) is 0 Å². The zero-order valence-electron chi connectivity index (χ0n) is 20.8. The quantitative estimate of drug-likeness (QED) is 0.709. The van der Waals surface area contributed by atoms with Gasteiger partial charge in [0.15, 0.2) is 0 Å². The van der Waals surface area contributed by atoms with Crippen molar-refractivity contribution in [3.63, 3.8) is 0 Å². The van der Waals surface area contributed by atoms with Crippen LogP contribution in [-0.4, -0.2) is 78.3 Å². The molecule has 1 aliphatic carbocycles. The summed E-state index contributed by atoms with van der Waals surface area (Å²) in [5, 5.41) is 10.5. The Morgan fingerprint density at radius 2 is 1.97 bits per heavy atom. The Balaban J connectivity index is 1.42. The number of nitrogens with zero attached hydrogens (tertiary/aromatic N) is 5. The van der Waals surface area contributed by atoms with Crippen LogP contribution in [0.1, 0.15) is 44.2 Å². The first kappa shape index (κ1) is 23.4. The van der Waals surface area contributed by atoms with Gasteiger partial charge in [0.05, 0.1) is 6.54 Å². The van der Waals surface area contributed by atoms with Crippen LogP contribution in [0.5, 0.6) is 5.75 Å². The molecule has 7 nitrogen and oxygen atoms in total.